The molecule has 0 radical (unpaired) electrons. The number of aromatic nitrogens is 3. The smallest absolute Gasteiger partial charge is 0.267 e. The van der Waals surface area contributed by atoms with Crippen molar-refractivity contribution >= 4 is 32.6 Å². The highest BCUT2D eigenvalue weighted by atomic mass is 32.1. The maximum absolute atomic E-state index is 12.9. The van der Waals surface area contributed by atoms with Crippen LogP contribution in [-0.4, -0.2) is 20.7 Å². The molecule has 4 aromatic rings. The Morgan fingerprint density at radius 1 is 1.15 bits per heavy atom. The second-order valence-electron chi connectivity index (χ2n) is 6.45. The Morgan fingerprint density at radius 3 is 2.70 bits per heavy atom. The molecule has 1 N–H and O–H groups in total. The number of hydrogen-bond acceptors (Lipinski definition) is 6. The van der Waals surface area contributed by atoms with Crippen molar-refractivity contribution in [1.82, 2.24) is 14.8 Å². The van der Waals surface area contributed by atoms with E-state index in [0.29, 0.717) is 16.6 Å². The number of anilines is 1. The first-order valence-corrected chi connectivity index (χ1v) is 9.08. The van der Waals surface area contributed by atoms with Crippen LogP contribution in [-0.2, 0) is 10.3 Å². The van der Waals surface area contributed by atoms with Crippen LogP contribution >= 0.6 is 11.3 Å². The predicted molar refractivity (Wildman–Crippen MR) is 104 cm³/mol. The van der Waals surface area contributed by atoms with Gasteiger partial charge in [-0.25, -0.2) is 9.67 Å². The molecule has 27 heavy (non-hydrogen) atoms. The maximum Gasteiger partial charge on any atom is 0.267 e. The van der Waals surface area contributed by atoms with Crippen LogP contribution in [0.3, 0.4) is 0 Å². The van der Waals surface area contributed by atoms with E-state index < -0.39 is 5.54 Å². The number of nitrogens with zero attached hydrogens (tertiary/aromatic N) is 3. The van der Waals surface area contributed by atoms with E-state index in [1.54, 1.807) is 32.0 Å². The lowest BCUT2D eigenvalue weighted by Crippen LogP contribution is -2.47. The summed E-state index contributed by atoms with van der Waals surface area (Å²) in [6, 6.07) is 14.0. The van der Waals surface area contributed by atoms with Gasteiger partial charge in [0, 0.05) is 6.07 Å². The lowest BCUT2D eigenvalue weighted by atomic mass is 10.1. The topological polar surface area (TPSA) is 90.0 Å². The van der Waals surface area contributed by atoms with Crippen molar-refractivity contribution < 1.29 is 9.21 Å². The first kappa shape index (κ1) is 17.2. The van der Waals surface area contributed by atoms with Crippen molar-refractivity contribution in [2.24, 2.45) is 0 Å². The van der Waals surface area contributed by atoms with Crippen molar-refractivity contribution in [3.63, 3.8) is 0 Å². The van der Waals surface area contributed by atoms with E-state index in [0.717, 1.165) is 14.9 Å². The molecular formula is C19H16N4O3S. The molecular weight excluding hydrogens is 364 g/mol. The molecule has 1 aromatic carbocycles. The Morgan fingerprint density at radius 2 is 1.96 bits per heavy atom. The molecule has 0 aliphatic carbocycles. The SMILES string of the molecule is CC(C)(C(=O)Nc1nc2ccccc2s1)n1nc(-c2ccco2)ccc1=O. The summed E-state index contributed by atoms with van der Waals surface area (Å²) in [5.74, 6) is 0.138. The molecule has 4 rings (SSSR count). The van der Waals surface area contributed by atoms with E-state index in [2.05, 4.69) is 15.4 Å². The number of amides is 1. The van der Waals surface area contributed by atoms with Gasteiger partial charge in [-0.3, -0.25) is 14.9 Å². The van der Waals surface area contributed by atoms with Gasteiger partial charge >= 0.3 is 0 Å². The van der Waals surface area contributed by atoms with Crippen LogP contribution in [0.2, 0.25) is 0 Å². The van der Waals surface area contributed by atoms with Crippen LogP contribution in [0.25, 0.3) is 21.7 Å². The molecule has 8 heteroatoms. The molecule has 0 aliphatic rings. The second-order valence-corrected chi connectivity index (χ2v) is 7.48. The molecule has 7 nitrogen and oxygen atoms in total. The van der Waals surface area contributed by atoms with Gasteiger partial charge in [-0.15, -0.1) is 0 Å². The number of para-hydroxylation sites is 1. The van der Waals surface area contributed by atoms with E-state index in [-0.39, 0.29) is 11.5 Å². The summed E-state index contributed by atoms with van der Waals surface area (Å²) >= 11 is 1.38. The van der Waals surface area contributed by atoms with Crippen molar-refractivity contribution in [2.75, 3.05) is 5.32 Å². The summed E-state index contributed by atoms with van der Waals surface area (Å²) in [5, 5.41) is 7.60. The number of furan rings is 1. The lowest BCUT2D eigenvalue weighted by molar-refractivity contribution is -0.123. The van der Waals surface area contributed by atoms with Gasteiger partial charge in [0.1, 0.15) is 11.2 Å². The molecule has 0 saturated carbocycles. The molecule has 3 aromatic heterocycles. The normalized spacial score (nSPS) is 11.6. The van der Waals surface area contributed by atoms with Gasteiger partial charge in [-0.05, 0) is 44.2 Å². The fourth-order valence-electron chi connectivity index (χ4n) is 2.64. The van der Waals surface area contributed by atoms with E-state index in [1.165, 1.54) is 23.7 Å². The molecule has 3 heterocycles. The molecule has 1 amide bonds. The number of carbonyl (C=O) groups is 1. The predicted octanol–water partition coefficient (Wildman–Crippen LogP) is 3.49. The summed E-state index contributed by atoms with van der Waals surface area (Å²) < 4.78 is 7.46. The summed E-state index contributed by atoms with van der Waals surface area (Å²) in [7, 11) is 0. The number of hydrogen-bond donors (Lipinski definition) is 1. The van der Waals surface area contributed by atoms with Gasteiger partial charge in [0.05, 0.1) is 16.5 Å². The number of rotatable bonds is 4. The van der Waals surface area contributed by atoms with Crippen LogP contribution in [0, 0.1) is 0 Å². The molecule has 0 saturated heterocycles. The highest BCUT2D eigenvalue weighted by Crippen LogP contribution is 2.27. The summed E-state index contributed by atoms with van der Waals surface area (Å²) in [4.78, 5) is 29.7. The first-order valence-electron chi connectivity index (χ1n) is 8.27. The minimum atomic E-state index is -1.22. The Hall–Kier alpha value is -3.26. The zero-order valence-corrected chi connectivity index (χ0v) is 15.5. The summed E-state index contributed by atoms with van der Waals surface area (Å²) in [6.45, 7) is 3.27. The third-order valence-corrected chi connectivity index (χ3v) is 5.13. The molecule has 0 fully saturated rings. The Kier molecular flexibility index (Phi) is 4.12. The van der Waals surface area contributed by atoms with Crippen molar-refractivity contribution in [3.8, 4) is 11.5 Å². The van der Waals surface area contributed by atoms with Crippen LogP contribution in [0.5, 0.6) is 0 Å². The largest absolute Gasteiger partial charge is 0.463 e. The highest BCUT2D eigenvalue weighted by Gasteiger charge is 2.33. The van der Waals surface area contributed by atoms with Gasteiger partial charge in [-0.1, -0.05) is 23.5 Å². The van der Waals surface area contributed by atoms with E-state index in [9.17, 15) is 9.59 Å². The molecule has 0 aliphatic heterocycles. The number of fused-ring (bicyclic) bond motifs is 1. The fraction of sp³-hybridized carbons (Fsp3) is 0.158. The second kappa shape index (κ2) is 6.48. The summed E-state index contributed by atoms with van der Waals surface area (Å²) in [5.41, 5.74) is -0.321. The zero-order valence-electron chi connectivity index (χ0n) is 14.7. The molecule has 136 valence electrons. The van der Waals surface area contributed by atoms with Gasteiger partial charge < -0.3 is 4.42 Å². The van der Waals surface area contributed by atoms with Crippen LogP contribution in [0.15, 0.2) is 64.0 Å². The molecule has 0 unspecified atom stereocenters. The number of carbonyl (C=O) groups excluding carboxylic acids is 1. The minimum absolute atomic E-state index is 0.380. The third kappa shape index (κ3) is 3.15. The molecule has 0 bridgehead atoms. The lowest BCUT2D eigenvalue weighted by Gasteiger charge is -2.24. The number of thiazole rings is 1. The highest BCUT2D eigenvalue weighted by molar-refractivity contribution is 7.22. The monoisotopic (exact) mass is 380 g/mol. The number of nitrogens with one attached hydrogen (secondary N) is 1. The minimum Gasteiger partial charge on any atom is -0.463 e. The first-order chi connectivity index (χ1) is 12.9. The van der Waals surface area contributed by atoms with E-state index in [4.69, 9.17) is 4.42 Å². The van der Waals surface area contributed by atoms with Crippen molar-refractivity contribution in [2.45, 2.75) is 19.4 Å². The zero-order chi connectivity index (χ0) is 19.0. The van der Waals surface area contributed by atoms with E-state index >= 15 is 0 Å². The Labute approximate surface area is 158 Å². The van der Waals surface area contributed by atoms with Crippen LogP contribution in [0.4, 0.5) is 5.13 Å². The number of benzene rings is 1. The van der Waals surface area contributed by atoms with Gasteiger partial charge in [-0.2, -0.15) is 5.10 Å². The van der Waals surface area contributed by atoms with Gasteiger partial charge in [0.15, 0.2) is 10.9 Å². The standard InChI is InChI=1S/C19H16N4O3S/c1-19(2,17(25)21-18-20-13-6-3-4-8-15(13)27-18)23-16(24)10-9-12(22-23)14-7-5-11-26-14/h3-11H,1-2H3,(H,20,21,25). The Balaban J connectivity index is 1.66. The van der Waals surface area contributed by atoms with Gasteiger partial charge in [0.25, 0.3) is 11.5 Å². The maximum atomic E-state index is 12.9. The van der Waals surface area contributed by atoms with Gasteiger partial charge in [0.2, 0.25) is 0 Å². The fourth-order valence-corrected chi connectivity index (χ4v) is 3.50. The van der Waals surface area contributed by atoms with Crippen molar-refractivity contribution in [3.05, 3.63) is 65.1 Å². The van der Waals surface area contributed by atoms with E-state index in [1.807, 2.05) is 24.3 Å². The molecule has 0 spiro atoms. The van der Waals surface area contributed by atoms with Crippen molar-refractivity contribution in [1.29, 1.82) is 0 Å². The average molecular weight is 380 g/mol. The Bertz CT molecular complexity index is 1140. The van der Waals surface area contributed by atoms with Crippen LogP contribution in [0.1, 0.15) is 13.8 Å². The summed E-state index contributed by atoms with van der Waals surface area (Å²) in [6.07, 6.45) is 1.53. The molecule has 0 atom stereocenters. The third-order valence-electron chi connectivity index (χ3n) is 4.17. The quantitative estimate of drug-likeness (QED) is 0.585. The van der Waals surface area contributed by atoms with Crippen LogP contribution < -0.4 is 10.9 Å². The average Bonchev–Trinajstić information content (AvgIpc) is 3.31.